The molecule has 1 N–H and O–H groups in total. The van der Waals surface area contributed by atoms with Gasteiger partial charge >= 0.3 is 5.97 Å². The summed E-state index contributed by atoms with van der Waals surface area (Å²) in [6, 6.07) is 20.7. The van der Waals surface area contributed by atoms with Crippen LogP contribution in [0.4, 0.5) is 11.4 Å². The van der Waals surface area contributed by atoms with Crippen molar-refractivity contribution in [3.05, 3.63) is 90.0 Å². The van der Waals surface area contributed by atoms with E-state index >= 15 is 0 Å². The minimum atomic E-state index is -3.76. The summed E-state index contributed by atoms with van der Waals surface area (Å²) >= 11 is 0. The molecule has 0 unspecified atom stereocenters. The molecule has 0 aliphatic carbocycles. The summed E-state index contributed by atoms with van der Waals surface area (Å²) < 4.78 is 31.4. The van der Waals surface area contributed by atoms with Crippen LogP contribution in [0.2, 0.25) is 0 Å². The number of esters is 1. The standard InChI is InChI=1S/C22H20N2O5S/c1-24(30(27,28)20-12-4-3-5-13-20)19-11-7-8-16(15-19)21(25)23-18-10-6-9-17(14-18)22(26)29-2/h3-15H,1-2H3,(H,23,25). The van der Waals surface area contributed by atoms with Gasteiger partial charge in [0.15, 0.2) is 0 Å². The fourth-order valence-corrected chi connectivity index (χ4v) is 3.99. The first-order valence-corrected chi connectivity index (χ1v) is 10.4. The van der Waals surface area contributed by atoms with E-state index in [1.54, 1.807) is 54.6 Å². The fraction of sp³-hybridized carbons (Fsp3) is 0.0909. The third kappa shape index (κ3) is 4.49. The maximum atomic E-state index is 12.8. The Morgan fingerprint density at radius 2 is 1.53 bits per heavy atom. The quantitative estimate of drug-likeness (QED) is 0.611. The average molecular weight is 424 g/mol. The zero-order valence-corrected chi connectivity index (χ0v) is 17.2. The first-order valence-electron chi connectivity index (χ1n) is 8.96. The number of sulfonamides is 1. The number of hydrogen-bond acceptors (Lipinski definition) is 5. The molecule has 0 radical (unpaired) electrons. The molecule has 0 aliphatic heterocycles. The van der Waals surface area contributed by atoms with Crippen LogP contribution in [0.1, 0.15) is 20.7 Å². The summed E-state index contributed by atoms with van der Waals surface area (Å²) in [4.78, 5) is 24.5. The van der Waals surface area contributed by atoms with E-state index in [2.05, 4.69) is 10.1 Å². The number of hydrogen-bond donors (Lipinski definition) is 1. The van der Waals surface area contributed by atoms with Crippen molar-refractivity contribution >= 4 is 33.3 Å². The lowest BCUT2D eigenvalue weighted by atomic mass is 10.1. The highest BCUT2D eigenvalue weighted by Crippen LogP contribution is 2.23. The molecule has 7 nitrogen and oxygen atoms in total. The summed E-state index contributed by atoms with van der Waals surface area (Å²) in [5.41, 5.74) is 1.33. The zero-order valence-electron chi connectivity index (χ0n) is 16.4. The van der Waals surface area contributed by atoms with E-state index in [9.17, 15) is 18.0 Å². The molecule has 0 saturated carbocycles. The van der Waals surface area contributed by atoms with Crippen LogP contribution in [0, 0.1) is 0 Å². The van der Waals surface area contributed by atoms with Gasteiger partial charge in [-0.05, 0) is 48.5 Å². The van der Waals surface area contributed by atoms with Crippen molar-refractivity contribution in [3.8, 4) is 0 Å². The number of rotatable bonds is 6. The van der Waals surface area contributed by atoms with Crippen LogP contribution in [-0.2, 0) is 14.8 Å². The van der Waals surface area contributed by atoms with Crippen LogP contribution < -0.4 is 9.62 Å². The van der Waals surface area contributed by atoms with Crippen molar-refractivity contribution in [2.45, 2.75) is 4.90 Å². The van der Waals surface area contributed by atoms with E-state index in [0.717, 1.165) is 4.31 Å². The van der Waals surface area contributed by atoms with Crippen molar-refractivity contribution in [1.82, 2.24) is 0 Å². The van der Waals surface area contributed by atoms with Gasteiger partial charge in [-0.1, -0.05) is 30.3 Å². The summed E-state index contributed by atoms with van der Waals surface area (Å²) in [5.74, 6) is -0.954. The van der Waals surface area contributed by atoms with Gasteiger partial charge in [-0.15, -0.1) is 0 Å². The Bertz CT molecular complexity index is 1180. The fourth-order valence-electron chi connectivity index (χ4n) is 2.78. The highest BCUT2D eigenvalue weighted by atomic mass is 32.2. The van der Waals surface area contributed by atoms with Gasteiger partial charge in [-0.2, -0.15) is 0 Å². The van der Waals surface area contributed by atoms with E-state index < -0.39 is 21.9 Å². The summed E-state index contributed by atoms with van der Waals surface area (Å²) in [5, 5.41) is 2.70. The first kappa shape index (κ1) is 21.1. The van der Waals surface area contributed by atoms with E-state index in [0.29, 0.717) is 16.9 Å². The average Bonchev–Trinajstić information content (AvgIpc) is 2.78. The summed E-state index contributed by atoms with van der Waals surface area (Å²) in [7, 11) is -1.05. The van der Waals surface area contributed by atoms with Gasteiger partial charge < -0.3 is 10.1 Å². The molecule has 0 bridgehead atoms. The molecule has 0 atom stereocenters. The largest absolute Gasteiger partial charge is 0.465 e. The highest BCUT2D eigenvalue weighted by Gasteiger charge is 2.21. The molecule has 0 heterocycles. The van der Waals surface area contributed by atoms with Crippen LogP contribution in [0.15, 0.2) is 83.8 Å². The third-order valence-corrected chi connectivity index (χ3v) is 6.21. The van der Waals surface area contributed by atoms with Gasteiger partial charge in [-0.3, -0.25) is 9.10 Å². The van der Waals surface area contributed by atoms with Gasteiger partial charge in [0.25, 0.3) is 15.9 Å². The maximum absolute atomic E-state index is 12.8. The van der Waals surface area contributed by atoms with Crippen LogP contribution in [0.3, 0.4) is 0 Å². The second-order valence-corrected chi connectivity index (χ2v) is 8.33. The lowest BCUT2D eigenvalue weighted by Gasteiger charge is -2.20. The number of nitrogens with zero attached hydrogens (tertiary/aromatic N) is 1. The molecule has 3 aromatic rings. The predicted molar refractivity (Wildman–Crippen MR) is 114 cm³/mol. The molecule has 1 amide bonds. The highest BCUT2D eigenvalue weighted by molar-refractivity contribution is 7.92. The van der Waals surface area contributed by atoms with Crippen LogP contribution in [0.5, 0.6) is 0 Å². The number of ether oxygens (including phenoxy) is 1. The number of benzene rings is 3. The minimum Gasteiger partial charge on any atom is -0.465 e. The zero-order chi connectivity index (χ0) is 21.7. The van der Waals surface area contributed by atoms with Crippen LogP contribution in [0.25, 0.3) is 0 Å². The number of amides is 1. The second-order valence-electron chi connectivity index (χ2n) is 6.36. The minimum absolute atomic E-state index is 0.155. The molecule has 0 fully saturated rings. The third-order valence-electron chi connectivity index (χ3n) is 4.42. The van der Waals surface area contributed by atoms with Crippen molar-refractivity contribution < 1.29 is 22.7 Å². The molecular weight excluding hydrogens is 404 g/mol. The molecule has 0 saturated heterocycles. The van der Waals surface area contributed by atoms with Crippen molar-refractivity contribution in [2.24, 2.45) is 0 Å². The van der Waals surface area contributed by atoms with E-state index in [-0.39, 0.29) is 10.5 Å². The SMILES string of the molecule is COC(=O)c1cccc(NC(=O)c2cccc(N(C)S(=O)(=O)c3ccccc3)c2)c1. The summed E-state index contributed by atoms with van der Waals surface area (Å²) in [6.07, 6.45) is 0. The molecule has 0 aromatic heterocycles. The maximum Gasteiger partial charge on any atom is 0.337 e. The number of carbonyl (C=O) groups is 2. The normalized spacial score (nSPS) is 10.9. The van der Waals surface area contributed by atoms with Gasteiger partial charge in [0.2, 0.25) is 0 Å². The Hall–Kier alpha value is -3.65. The number of methoxy groups -OCH3 is 1. The van der Waals surface area contributed by atoms with Crippen LogP contribution >= 0.6 is 0 Å². The first-order chi connectivity index (χ1) is 14.3. The lowest BCUT2D eigenvalue weighted by Crippen LogP contribution is -2.26. The monoisotopic (exact) mass is 424 g/mol. The smallest absolute Gasteiger partial charge is 0.337 e. The Kier molecular flexibility index (Phi) is 6.17. The molecule has 8 heteroatoms. The molecule has 3 rings (SSSR count). The Morgan fingerprint density at radius 1 is 0.867 bits per heavy atom. The molecule has 3 aromatic carbocycles. The van der Waals surface area contributed by atoms with Crippen LogP contribution in [-0.4, -0.2) is 34.5 Å². The molecule has 0 spiro atoms. The van der Waals surface area contributed by atoms with E-state index in [1.807, 2.05) is 0 Å². The number of anilines is 2. The summed E-state index contributed by atoms with van der Waals surface area (Å²) in [6.45, 7) is 0. The molecule has 30 heavy (non-hydrogen) atoms. The second kappa shape index (κ2) is 8.79. The Morgan fingerprint density at radius 3 is 2.23 bits per heavy atom. The van der Waals surface area contributed by atoms with Crippen molar-refractivity contribution in [3.63, 3.8) is 0 Å². The van der Waals surface area contributed by atoms with Gasteiger partial charge in [-0.25, -0.2) is 13.2 Å². The topological polar surface area (TPSA) is 92.8 Å². The molecule has 154 valence electrons. The number of carbonyl (C=O) groups excluding carboxylic acids is 2. The molecular formula is C22H20N2O5S. The van der Waals surface area contributed by atoms with Crippen molar-refractivity contribution in [2.75, 3.05) is 23.8 Å². The number of nitrogens with one attached hydrogen (secondary N) is 1. The Labute approximate surface area is 175 Å². The molecule has 0 aliphatic rings. The lowest BCUT2D eigenvalue weighted by molar-refractivity contribution is 0.0600. The van der Waals surface area contributed by atoms with E-state index in [1.165, 1.54) is 38.4 Å². The van der Waals surface area contributed by atoms with Crippen molar-refractivity contribution in [1.29, 1.82) is 0 Å². The van der Waals surface area contributed by atoms with Gasteiger partial charge in [0.1, 0.15) is 0 Å². The van der Waals surface area contributed by atoms with Gasteiger partial charge in [0, 0.05) is 18.3 Å². The Balaban J connectivity index is 1.83. The van der Waals surface area contributed by atoms with Gasteiger partial charge in [0.05, 0.1) is 23.3 Å². The van der Waals surface area contributed by atoms with E-state index in [4.69, 9.17) is 0 Å². The predicted octanol–water partition coefficient (Wildman–Crippen LogP) is 3.55.